The molecule has 27 heavy (non-hydrogen) atoms. The molecule has 136 valence electrons. The quantitative estimate of drug-likeness (QED) is 0.683. The monoisotopic (exact) mass is 377 g/mol. The second-order valence-corrected chi connectivity index (χ2v) is 7.14. The molecule has 1 aliphatic rings. The molecule has 1 aliphatic heterocycles. The first-order valence-corrected chi connectivity index (χ1v) is 9.44. The smallest absolute Gasteiger partial charge is 0.135 e. The first-order chi connectivity index (χ1) is 13.2. The average Bonchev–Trinajstić information content (AvgIpc) is 3.27. The number of amidine groups is 1. The van der Waals surface area contributed by atoms with Gasteiger partial charge in [0, 0.05) is 17.5 Å². The minimum atomic E-state index is 0.197. The molecule has 2 N–H and O–H groups in total. The Morgan fingerprint density at radius 3 is 2.78 bits per heavy atom. The van der Waals surface area contributed by atoms with Crippen LogP contribution in [0.5, 0.6) is 5.75 Å². The zero-order chi connectivity index (χ0) is 18.8. The minimum absolute atomic E-state index is 0.197. The van der Waals surface area contributed by atoms with Crippen molar-refractivity contribution in [3.63, 3.8) is 0 Å². The van der Waals surface area contributed by atoms with Gasteiger partial charge >= 0.3 is 0 Å². The summed E-state index contributed by atoms with van der Waals surface area (Å²) >= 11 is 1.43. The van der Waals surface area contributed by atoms with Crippen molar-refractivity contribution in [2.45, 2.75) is 6.54 Å². The first kappa shape index (κ1) is 17.3. The van der Waals surface area contributed by atoms with Gasteiger partial charge in [-0.25, -0.2) is 4.98 Å². The Hall–Kier alpha value is -3.12. The third-order valence-electron chi connectivity index (χ3n) is 4.48. The lowest BCUT2D eigenvalue weighted by atomic mass is 10.1. The molecule has 0 atom stereocenters. The number of aliphatic hydroxyl groups excluding tert-OH is 1. The molecule has 0 bridgehead atoms. The van der Waals surface area contributed by atoms with Gasteiger partial charge in [0.25, 0.3) is 0 Å². The highest BCUT2D eigenvalue weighted by Gasteiger charge is 2.30. The van der Waals surface area contributed by atoms with Crippen LogP contribution in [0, 0.1) is 5.41 Å². The van der Waals surface area contributed by atoms with Crippen molar-refractivity contribution < 1.29 is 9.84 Å². The fraction of sp³-hybridized carbons (Fsp3) is 0.143. The Kier molecular flexibility index (Phi) is 4.64. The first-order valence-electron chi connectivity index (χ1n) is 8.56. The number of thiazole rings is 1. The number of rotatable bonds is 5. The van der Waals surface area contributed by atoms with Gasteiger partial charge in [-0.15, -0.1) is 11.3 Å². The van der Waals surface area contributed by atoms with E-state index in [0.29, 0.717) is 29.5 Å². The van der Waals surface area contributed by atoms with E-state index in [2.05, 4.69) is 4.98 Å². The van der Waals surface area contributed by atoms with E-state index in [9.17, 15) is 5.11 Å². The van der Waals surface area contributed by atoms with E-state index in [1.807, 2.05) is 64.9 Å². The van der Waals surface area contributed by atoms with Crippen LogP contribution >= 0.6 is 11.3 Å². The standard InChI is InChI=1S/C21H19N3O2S/c1-26-16-9-5-8-15(10-16)17-13-27-21(23-17)19-18(25)12-24(20(19)22)11-14-6-3-2-4-7-14/h2-10,13,22,25H,11-12H2,1H3. The van der Waals surface area contributed by atoms with Crippen LogP contribution in [-0.2, 0) is 6.54 Å². The van der Waals surface area contributed by atoms with Crippen molar-refractivity contribution in [3.05, 3.63) is 76.3 Å². The molecule has 0 radical (unpaired) electrons. The van der Waals surface area contributed by atoms with Crippen LogP contribution in [0.4, 0.5) is 0 Å². The van der Waals surface area contributed by atoms with Gasteiger partial charge < -0.3 is 14.7 Å². The summed E-state index contributed by atoms with van der Waals surface area (Å²) in [5.41, 5.74) is 3.38. The topological polar surface area (TPSA) is 69.4 Å². The van der Waals surface area contributed by atoms with E-state index < -0.39 is 0 Å². The lowest BCUT2D eigenvalue weighted by molar-refractivity contribution is 0.347. The van der Waals surface area contributed by atoms with Gasteiger partial charge in [-0.1, -0.05) is 42.5 Å². The number of nitrogens with one attached hydrogen (secondary N) is 1. The van der Waals surface area contributed by atoms with Crippen LogP contribution in [0.1, 0.15) is 10.6 Å². The number of aromatic nitrogens is 1. The summed E-state index contributed by atoms with van der Waals surface area (Å²) in [5, 5.41) is 21.6. The number of ether oxygens (including phenoxy) is 1. The van der Waals surface area contributed by atoms with Crippen molar-refractivity contribution >= 4 is 22.7 Å². The summed E-state index contributed by atoms with van der Waals surface area (Å²) in [5.74, 6) is 1.28. The molecule has 0 saturated heterocycles. The predicted octanol–water partition coefficient (Wildman–Crippen LogP) is 4.58. The summed E-state index contributed by atoms with van der Waals surface area (Å²) in [6.07, 6.45) is 0. The van der Waals surface area contributed by atoms with Gasteiger partial charge in [-0.3, -0.25) is 5.41 Å². The van der Waals surface area contributed by atoms with Gasteiger partial charge in [0.05, 0.1) is 24.9 Å². The molecular weight excluding hydrogens is 358 g/mol. The van der Waals surface area contributed by atoms with E-state index in [1.165, 1.54) is 11.3 Å². The fourth-order valence-corrected chi connectivity index (χ4v) is 4.00. The molecule has 2 aromatic carbocycles. The number of hydrogen-bond acceptors (Lipinski definition) is 5. The summed E-state index contributed by atoms with van der Waals surface area (Å²) in [7, 11) is 1.63. The zero-order valence-electron chi connectivity index (χ0n) is 14.8. The molecule has 0 amide bonds. The summed E-state index contributed by atoms with van der Waals surface area (Å²) in [6, 6.07) is 17.7. The summed E-state index contributed by atoms with van der Waals surface area (Å²) in [6.45, 7) is 0.915. The molecule has 2 heterocycles. The zero-order valence-corrected chi connectivity index (χ0v) is 15.7. The number of aliphatic hydroxyl groups is 1. The van der Waals surface area contributed by atoms with Crippen LogP contribution in [-0.4, -0.2) is 34.5 Å². The van der Waals surface area contributed by atoms with E-state index in [-0.39, 0.29) is 5.76 Å². The van der Waals surface area contributed by atoms with Gasteiger partial charge in [0.2, 0.25) is 0 Å². The maximum Gasteiger partial charge on any atom is 0.135 e. The van der Waals surface area contributed by atoms with Crippen molar-refractivity contribution in [2.24, 2.45) is 0 Å². The third-order valence-corrected chi connectivity index (χ3v) is 5.34. The van der Waals surface area contributed by atoms with Gasteiger partial charge in [-0.05, 0) is 17.7 Å². The molecule has 6 heteroatoms. The largest absolute Gasteiger partial charge is 0.510 e. The maximum absolute atomic E-state index is 10.5. The predicted molar refractivity (Wildman–Crippen MR) is 108 cm³/mol. The summed E-state index contributed by atoms with van der Waals surface area (Å²) < 4.78 is 5.27. The highest BCUT2D eigenvalue weighted by atomic mass is 32.1. The average molecular weight is 377 g/mol. The lowest BCUT2D eigenvalue weighted by Crippen LogP contribution is -2.25. The highest BCUT2D eigenvalue weighted by molar-refractivity contribution is 7.11. The molecule has 4 rings (SSSR count). The number of benzene rings is 2. The van der Waals surface area contributed by atoms with Crippen LogP contribution in [0.25, 0.3) is 16.8 Å². The Morgan fingerprint density at radius 1 is 1.19 bits per heavy atom. The molecule has 1 aromatic heterocycles. The Bertz CT molecular complexity index is 1010. The molecule has 0 unspecified atom stereocenters. The Morgan fingerprint density at radius 2 is 2.00 bits per heavy atom. The third kappa shape index (κ3) is 3.44. The second-order valence-electron chi connectivity index (χ2n) is 6.28. The van der Waals surface area contributed by atoms with Crippen molar-refractivity contribution in [1.29, 1.82) is 5.41 Å². The van der Waals surface area contributed by atoms with Crippen molar-refractivity contribution in [2.75, 3.05) is 13.7 Å². The highest BCUT2D eigenvalue weighted by Crippen LogP contribution is 2.33. The van der Waals surface area contributed by atoms with E-state index in [4.69, 9.17) is 10.1 Å². The molecule has 5 nitrogen and oxygen atoms in total. The molecule has 0 saturated carbocycles. The summed E-state index contributed by atoms with van der Waals surface area (Å²) in [4.78, 5) is 6.51. The Labute approximate surface area is 161 Å². The van der Waals surface area contributed by atoms with Crippen molar-refractivity contribution in [1.82, 2.24) is 9.88 Å². The van der Waals surface area contributed by atoms with E-state index in [1.54, 1.807) is 7.11 Å². The molecule has 0 spiro atoms. The lowest BCUT2D eigenvalue weighted by Gasteiger charge is -2.18. The van der Waals surface area contributed by atoms with Crippen molar-refractivity contribution in [3.8, 4) is 17.0 Å². The van der Waals surface area contributed by atoms with Crippen LogP contribution in [0.15, 0.2) is 65.7 Å². The molecule has 0 fully saturated rings. The second kappa shape index (κ2) is 7.25. The number of methoxy groups -OCH3 is 1. The van der Waals surface area contributed by atoms with Gasteiger partial charge in [0.1, 0.15) is 22.4 Å². The molecule has 0 aliphatic carbocycles. The van der Waals surface area contributed by atoms with E-state index >= 15 is 0 Å². The number of nitrogens with zero attached hydrogens (tertiary/aromatic N) is 2. The van der Waals surface area contributed by atoms with Crippen LogP contribution < -0.4 is 4.74 Å². The number of hydrogen-bond donors (Lipinski definition) is 2. The molecule has 3 aromatic rings. The Balaban J connectivity index is 1.57. The minimum Gasteiger partial charge on any atom is -0.510 e. The van der Waals surface area contributed by atoms with Gasteiger partial charge in [0.15, 0.2) is 0 Å². The van der Waals surface area contributed by atoms with Crippen LogP contribution in [0.2, 0.25) is 0 Å². The van der Waals surface area contributed by atoms with Gasteiger partial charge in [-0.2, -0.15) is 0 Å². The molecular formula is C21H19N3O2S. The van der Waals surface area contributed by atoms with Crippen LogP contribution in [0.3, 0.4) is 0 Å². The normalized spacial score (nSPS) is 14.1. The maximum atomic E-state index is 10.5. The van der Waals surface area contributed by atoms with E-state index in [0.717, 1.165) is 22.6 Å². The fourth-order valence-electron chi connectivity index (χ4n) is 3.10. The SMILES string of the molecule is COc1cccc(-c2csc(C3=C(O)CN(Cc4ccccc4)C3=N)n2)c1.